The smallest absolute Gasteiger partial charge is 0.315 e. The summed E-state index contributed by atoms with van der Waals surface area (Å²) in [6.45, 7) is 23.3. The van der Waals surface area contributed by atoms with Gasteiger partial charge in [0.15, 0.2) is 16.6 Å². The minimum atomic E-state index is -2.24. The molecule has 0 aliphatic rings. The Kier molecular flexibility index (Phi) is 31.7. The highest BCUT2D eigenvalue weighted by Crippen LogP contribution is 2.27. The Labute approximate surface area is 205 Å². The number of nitrogens with one attached hydrogen (secondary N) is 1. The Morgan fingerprint density at radius 1 is 0.645 bits per heavy atom. The molecule has 0 fully saturated rings. The minimum Gasteiger partial charge on any atom is -0.437 e. The largest absolute Gasteiger partial charge is 0.437 e. The maximum absolute atomic E-state index is 6.71. The van der Waals surface area contributed by atoms with Gasteiger partial charge in [0.25, 0.3) is 0 Å². The Morgan fingerprint density at radius 3 is 1.42 bits per heavy atom. The molecule has 0 radical (unpaired) electrons. The van der Waals surface area contributed by atoms with Crippen LogP contribution in [0.2, 0.25) is 65.0 Å². The first-order chi connectivity index (χ1) is 11.1. The molecule has 5 nitrogen and oxygen atoms in total. The van der Waals surface area contributed by atoms with Crippen LogP contribution >= 0.6 is 0 Å². The van der Waals surface area contributed by atoms with Crippen molar-refractivity contribution in [3.8, 4) is 0 Å². The lowest BCUT2D eigenvalue weighted by molar-refractivity contribution is 0.307. The molecule has 0 heterocycles. The predicted molar refractivity (Wildman–Crippen MR) is 160 cm³/mol. The first-order valence-corrected chi connectivity index (χ1v) is 21.7. The Bertz CT molecular complexity index is 390. The van der Waals surface area contributed by atoms with Crippen LogP contribution in [0, 0.1) is 0 Å². The maximum atomic E-state index is 6.71. The van der Waals surface area contributed by atoms with E-state index in [1.807, 2.05) is 7.05 Å². The quantitative estimate of drug-likeness (QED) is 0.250. The summed E-state index contributed by atoms with van der Waals surface area (Å²) in [6, 6.07) is 1.03. The van der Waals surface area contributed by atoms with Crippen LogP contribution in [0.1, 0.15) is 51.0 Å². The van der Waals surface area contributed by atoms with Crippen LogP contribution in [0.25, 0.3) is 0 Å². The van der Waals surface area contributed by atoms with Crippen molar-refractivity contribution in [1.82, 2.24) is 10.2 Å². The summed E-state index contributed by atoms with van der Waals surface area (Å²) in [5, 5.41) is 3.21. The molecule has 0 rings (SSSR count). The summed E-state index contributed by atoms with van der Waals surface area (Å²) in [5.74, 6) is 0. The lowest BCUT2D eigenvalue weighted by Gasteiger charge is -2.41. The number of hydrogen-bond donors (Lipinski definition) is 1. The van der Waals surface area contributed by atoms with Gasteiger partial charge in [-0.2, -0.15) is 0 Å². The van der Waals surface area contributed by atoms with Gasteiger partial charge in [-0.1, -0.05) is 44.6 Å². The molecule has 0 aromatic rings. The van der Waals surface area contributed by atoms with E-state index in [1.54, 1.807) is 0 Å². The normalized spacial score (nSPS) is 13.2. The number of hydrogen-bond acceptors (Lipinski definition) is 5. The molecule has 200 valence electrons. The van der Waals surface area contributed by atoms with Gasteiger partial charge in [-0.3, -0.25) is 0 Å². The van der Waals surface area contributed by atoms with Crippen molar-refractivity contribution in [2.45, 2.75) is 116 Å². The summed E-state index contributed by atoms with van der Waals surface area (Å²) in [7, 11) is -3.51. The van der Waals surface area contributed by atoms with E-state index in [1.165, 1.54) is 0 Å². The summed E-state index contributed by atoms with van der Waals surface area (Å²) >= 11 is 0. The average Bonchev–Trinajstić information content (AvgIpc) is 2.29. The highest BCUT2D eigenvalue weighted by Gasteiger charge is 2.44. The van der Waals surface area contributed by atoms with Gasteiger partial charge in [0.05, 0.1) is 0 Å². The van der Waals surface area contributed by atoms with Crippen LogP contribution in [0.3, 0.4) is 0 Å². The van der Waals surface area contributed by atoms with Crippen molar-refractivity contribution < 1.29 is 12.3 Å². The summed E-state index contributed by atoms with van der Waals surface area (Å²) < 4.78 is 19.8. The molecule has 0 bridgehead atoms. The van der Waals surface area contributed by atoms with Gasteiger partial charge in [0.2, 0.25) is 0 Å². The fraction of sp³-hybridized carbons (Fsp3) is 1.00. The monoisotopic (exact) mass is 520 g/mol. The maximum Gasteiger partial charge on any atom is 0.315 e. The molecule has 0 aromatic heterocycles. The van der Waals surface area contributed by atoms with E-state index < -0.39 is 33.8 Å². The molecule has 1 atom stereocenters. The molecule has 9 heteroatoms. The molecule has 0 spiro atoms. The van der Waals surface area contributed by atoms with Crippen molar-refractivity contribution in [2.75, 3.05) is 33.7 Å². The van der Waals surface area contributed by atoms with Crippen LogP contribution in [0.5, 0.6) is 0 Å². The molecule has 1 unspecified atom stereocenters. The number of nitrogens with zero attached hydrogens (tertiary/aromatic N) is 1. The van der Waals surface area contributed by atoms with Crippen LogP contribution in [-0.2, 0) is 12.3 Å². The summed E-state index contributed by atoms with van der Waals surface area (Å²) in [4.78, 5) is 2.38. The second-order valence-corrected chi connectivity index (χ2v) is 26.0. The van der Waals surface area contributed by atoms with Crippen molar-refractivity contribution in [2.24, 2.45) is 0 Å². The van der Waals surface area contributed by atoms with Gasteiger partial charge in [-0.25, -0.2) is 0 Å². The molecular formula is C22H68N2O3Si4. The first kappa shape index (κ1) is 48.9. The van der Waals surface area contributed by atoms with Crippen molar-refractivity contribution >= 4 is 33.8 Å². The Hall–Kier alpha value is 0.668. The van der Waals surface area contributed by atoms with E-state index in [-0.39, 0.29) is 44.6 Å². The summed E-state index contributed by atoms with van der Waals surface area (Å²) in [6.07, 6.45) is 1.12. The van der Waals surface area contributed by atoms with Crippen LogP contribution in [-0.4, -0.2) is 72.4 Å². The van der Waals surface area contributed by atoms with Gasteiger partial charge < -0.3 is 22.6 Å². The molecule has 0 saturated carbocycles. The fourth-order valence-electron chi connectivity index (χ4n) is 3.13. The number of rotatable bonds is 13. The molecule has 1 N–H and O–H groups in total. The average molecular weight is 521 g/mol. The van der Waals surface area contributed by atoms with Gasteiger partial charge in [-0.15, -0.1) is 0 Å². The van der Waals surface area contributed by atoms with Gasteiger partial charge in [0.1, 0.15) is 0 Å². The van der Waals surface area contributed by atoms with Crippen LogP contribution in [0.4, 0.5) is 0 Å². The first-order valence-electron chi connectivity index (χ1n) is 9.51. The van der Waals surface area contributed by atoms with E-state index in [9.17, 15) is 0 Å². The molecule has 0 amide bonds. The zero-order chi connectivity index (χ0) is 19.9. The van der Waals surface area contributed by atoms with E-state index in [0.717, 1.165) is 32.1 Å². The molecule has 0 aliphatic carbocycles. The third kappa shape index (κ3) is 28.6. The van der Waals surface area contributed by atoms with Crippen molar-refractivity contribution in [3.05, 3.63) is 0 Å². The third-order valence-corrected chi connectivity index (χ3v) is 17.0. The van der Waals surface area contributed by atoms with E-state index >= 15 is 0 Å². The van der Waals surface area contributed by atoms with E-state index in [4.69, 9.17) is 12.3 Å². The van der Waals surface area contributed by atoms with Gasteiger partial charge in [0, 0.05) is 13.1 Å². The molecule has 0 aliphatic heterocycles. The topological polar surface area (TPSA) is 43.0 Å². The van der Waals surface area contributed by atoms with Crippen molar-refractivity contribution in [1.29, 1.82) is 0 Å². The highest BCUT2D eigenvalue weighted by atomic mass is 28.5. The Morgan fingerprint density at radius 2 is 1.06 bits per heavy atom. The predicted octanol–water partition coefficient (Wildman–Crippen LogP) is 7.84. The van der Waals surface area contributed by atoms with Crippen LogP contribution < -0.4 is 5.32 Å². The zero-order valence-electron chi connectivity index (χ0n) is 18.7. The molecule has 0 saturated heterocycles. The van der Waals surface area contributed by atoms with Crippen LogP contribution in [0.15, 0.2) is 0 Å². The molecule has 31 heavy (non-hydrogen) atoms. The van der Waals surface area contributed by atoms with Crippen molar-refractivity contribution in [3.63, 3.8) is 0 Å². The van der Waals surface area contributed by atoms with E-state index in [0.29, 0.717) is 0 Å². The molecule has 0 aromatic carbocycles. The Balaban J connectivity index is -0.000000192. The second kappa shape index (κ2) is 20.1. The highest BCUT2D eigenvalue weighted by molar-refractivity contribution is 6.89. The van der Waals surface area contributed by atoms with Gasteiger partial charge >= 0.3 is 17.1 Å². The second-order valence-electron chi connectivity index (χ2n) is 9.57. The third-order valence-electron chi connectivity index (χ3n) is 3.45. The van der Waals surface area contributed by atoms with E-state index in [2.05, 4.69) is 76.2 Å². The van der Waals surface area contributed by atoms with Gasteiger partial charge in [-0.05, 0) is 92.0 Å². The molecular weight excluding hydrogens is 453 g/mol. The standard InChI is InChI=1S/C16H44N2O3Si4.6CH4/c1-17-13-15-18(2)14-12-16-25(11,20-23(6,7)8)21-24(9,10)19-22(3,4)5;;;;;;/h17H,12-16H2,1-11H3;6*1H4. The zero-order valence-corrected chi connectivity index (χ0v) is 22.7. The lowest BCUT2D eigenvalue weighted by Crippen LogP contribution is -2.56. The fourth-order valence-corrected chi connectivity index (χ4v) is 21.1. The number of likely N-dealkylation sites (N-methyl/N-ethyl adjacent to an activating group) is 2. The minimum absolute atomic E-state index is 0. The SMILES string of the molecule is C.C.C.C.C.C.CNCCN(C)CCC[Si](C)(O[Si](C)(C)C)O[Si](C)(C)O[Si](C)(C)C. The lowest BCUT2D eigenvalue weighted by atomic mass is 10.4. The summed E-state index contributed by atoms with van der Waals surface area (Å²) in [5.41, 5.74) is 0.